The van der Waals surface area contributed by atoms with Gasteiger partial charge in [-0.1, -0.05) is 43.5 Å². The Bertz CT molecular complexity index is 425. The molecule has 2 aliphatic rings. The predicted molar refractivity (Wildman–Crippen MR) is 68.2 cm³/mol. The second-order valence-corrected chi connectivity index (χ2v) is 5.32. The van der Waals surface area contributed by atoms with Gasteiger partial charge in [0, 0.05) is 5.71 Å². The fraction of sp³-hybridized carbons (Fsp3) is 0.533. The summed E-state index contributed by atoms with van der Waals surface area (Å²) in [5.41, 5.74) is 4.40. The highest BCUT2D eigenvalue weighted by molar-refractivity contribution is 6.01. The van der Waals surface area contributed by atoms with Crippen LogP contribution in [0.15, 0.2) is 29.3 Å². The Labute approximate surface area is 97.6 Å². The summed E-state index contributed by atoms with van der Waals surface area (Å²) in [6.07, 6.45) is 7.87. The van der Waals surface area contributed by atoms with Gasteiger partial charge >= 0.3 is 0 Å². The Balaban J connectivity index is 2.01. The van der Waals surface area contributed by atoms with E-state index in [1.54, 1.807) is 0 Å². The first kappa shape index (κ1) is 10.1. The van der Waals surface area contributed by atoms with Crippen molar-refractivity contribution in [3.05, 3.63) is 35.4 Å². The van der Waals surface area contributed by atoms with Crippen LogP contribution in [0.4, 0.5) is 0 Å². The normalized spacial score (nSPS) is 22.7. The molecule has 0 saturated heterocycles. The summed E-state index contributed by atoms with van der Waals surface area (Å²) >= 11 is 0. The smallest absolute Gasteiger partial charge is 0.0652 e. The molecule has 16 heavy (non-hydrogen) atoms. The molecule has 1 aromatic carbocycles. The summed E-state index contributed by atoms with van der Waals surface area (Å²) in [4.78, 5) is 5.03. The molecule has 1 nitrogen and oxygen atoms in total. The van der Waals surface area contributed by atoms with Crippen molar-refractivity contribution in [1.29, 1.82) is 0 Å². The molecule has 1 heterocycles. The molecule has 0 amide bonds. The summed E-state index contributed by atoms with van der Waals surface area (Å²) < 4.78 is 0. The number of fused-ring (bicyclic) bond motifs is 1. The van der Waals surface area contributed by atoms with Gasteiger partial charge in [-0.2, -0.15) is 0 Å². The largest absolute Gasteiger partial charge is 0.282 e. The van der Waals surface area contributed by atoms with E-state index in [-0.39, 0.29) is 5.54 Å². The van der Waals surface area contributed by atoms with Crippen LogP contribution in [-0.2, 0) is 6.42 Å². The number of aliphatic imine (C=N–C) groups is 1. The number of hydrogen-bond acceptors (Lipinski definition) is 1. The molecule has 1 fully saturated rings. The van der Waals surface area contributed by atoms with Crippen molar-refractivity contribution in [2.45, 2.75) is 51.0 Å². The average molecular weight is 213 g/mol. The molecule has 0 radical (unpaired) electrons. The first-order valence-electron chi connectivity index (χ1n) is 6.44. The van der Waals surface area contributed by atoms with Crippen LogP contribution in [-0.4, -0.2) is 11.3 Å². The van der Waals surface area contributed by atoms with Crippen LogP contribution in [0.5, 0.6) is 0 Å². The van der Waals surface area contributed by atoms with Crippen LogP contribution in [0.1, 0.15) is 50.2 Å². The molecule has 3 rings (SSSR count). The Morgan fingerprint density at radius 1 is 1.06 bits per heavy atom. The quantitative estimate of drug-likeness (QED) is 0.622. The second kappa shape index (κ2) is 3.73. The monoisotopic (exact) mass is 213 g/mol. The molecule has 0 bridgehead atoms. The van der Waals surface area contributed by atoms with Crippen molar-refractivity contribution >= 4 is 5.71 Å². The molecule has 1 heteroatoms. The number of rotatable bonds is 0. The zero-order valence-electron chi connectivity index (χ0n) is 10.00. The molecule has 1 spiro atoms. The van der Waals surface area contributed by atoms with Crippen LogP contribution in [0, 0.1) is 0 Å². The van der Waals surface area contributed by atoms with Gasteiger partial charge in [0.15, 0.2) is 0 Å². The molecule has 1 aliphatic heterocycles. The molecule has 1 saturated carbocycles. The highest BCUT2D eigenvalue weighted by Gasteiger charge is 2.35. The highest BCUT2D eigenvalue weighted by atomic mass is 14.9. The molecule has 0 atom stereocenters. The minimum Gasteiger partial charge on any atom is -0.282 e. The summed E-state index contributed by atoms with van der Waals surface area (Å²) in [6, 6.07) is 8.78. The Kier molecular flexibility index (Phi) is 2.34. The van der Waals surface area contributed by atoms with Gasteiger partial charge in [0.05, 0.1) is 5.54 Å². The average Bonchev–Trinajstić information content (AvgIpc) is 2.30. The van der Waals surface area contributed by atoms with E-state index in [0.717, 1.165) is 0 Å². The van der Waals surface area contributed by atoms with Crippen molar-refractivity contribution < 1.29 is 0 Å². The van der Waals surface area contributed by atoms with E-state index in [0.29, 0.717) is 0 Å². The lowest BCUT2D eigenvalue weighted by Gasteiger charge is -2.38. The lowest BCUT2D eigenvalue weighted by atomic mass is 9.75. The van der Waals surface area contributed by atoms with E-state index < -0.39 is 0 Å². The van der Waals surface area contributed by atoms with Gasteiger partial charge in [0.2, 0.25) is 0 Å². The molecule has 84 valence electrons. The van der Waals surface area contributed by atoms with Crippen molar-refractivity contribution in [3.63, 3.8) is 0 Å². The van der Waals surface area contributed by atoms with Gasteiger partial charge in [-0.15, -0.1) is 0 Å². The van der Waals surface area contributed by atoms with Crippen LogP contribution in [0.2, 0.25) is 0 Å². The predicted octanol–water partition coefficient (Wildman–Crippen LogP) is 3.75. The van der Waals surface area contributed by atoms with E-state index in [9.17, 15) is 0 Å². The minimum absolute atomic E-state index is 0.261. The van der Waals surface area contributed by atoms with E-state index in [1.165, 1.54) is 55.4 Å². The first-order chi connectivity index (χ1) is 7.79. The number of nitrogens with zero attached hydrogens (tertiary/aromatic N) is 1. The summed E-state index contributed by atoms with van der Waals surface area (Å²) in [5.74, 6) is 0. The van der Waals surface area contributed by atoms with E-state index in [2.05, 4.69) is 31.2 Å². The van der Waals surface area contributed by atoms with E-state index in [4.69, 9.17) is 4.99 Å². The molecule has 0 aromatic heterocycles. The lowest BCUT2D eigenvalue weighted by Crippen LogP contribution is -2.36. The van der Waals surface area contributed by atoms with Crippen molar-refractivity contribution in [1.82, 2.24) is 0 Å². The van der Waals surface area contributed by atoms with Gasteiger partial charge < -0.3 is 0 Å². The third-order valence-electron chi connectivity index (χ3n) is 4.12. The van der Waals surface area contributed by atoms with Gasteiger partial charge in [0.1, 0.15) is 0 Å². The minimum atomic E-state index is 0.261. The maximum Gasteiger partial charge on any atom is 0.0652 e. The van der Waals surface area contributed by atoms with Crippen molar-refractivity contribution in [2.24, 2.45) is 4.99 Å². The van der Waals surface area contributed by atoms with Gasteiger partial charge in [-0.3, -0.25) is 4.99 Å². The third-order valence-corrected chi connectivity index (χ3v) is 4.12. The van der Waals surface area contributed by atoms with E-state index in [1.807, 2.05) is 0 Å². The topological polar surface area (TPSA) is 12.4 Å². The number of hydrogen-bond donors (Lipinski definition) is 0. The Morgan fingerprint density at radius 3 is 2.62 bits per heavy atom. The van der Waals surface area contributed by atoms with Gasteiger partial charge in [0.25, 0.3) is 0 Å². The standard InChI is InChI=1S/C15H19N/c1-12-14-8-4-3-7-13(14)11-15(16-12)9-5-2-6-10-15/h3-4,7-8H,2,5-6,9-11H2,1H3. The zero-order chi connectivity index (χ0) is 11.0. The van der Waals surface area contributed by atoms with E-state index >= 15 is 0 Å². The van der Waals surface area contributed by atoms with Crippen molar-refractivity contribution in [2.75, 3.05) is 0 Å². The van der Waals surface area contributed by atoms with Gasteiger partial charge in [-0.25, -0.2) is 0 Å². The van der Waals surface area contributed by atoms with Gasteiger partial charge in [-0.05, 0) is 37.3 Å². The Hall–Kier alpha value is -1.11. The SMILES string of the molecule is CC1=NC2(CCCCC2)Cc2ccccc21. The third kappa shape index (κ3) is 1.59. The molecule has 1 aromatic rings. The van der Waals surface area contributed by atoms with Crippen LogP contribution < -0.4 is 0 Å². The van der Waals surface area contributed by atoms with Crippen LogP contribution in [0.3, 0.4) is 0 Å². The van der Waals surface area contributed by atoms with Crippen LogP contribution in [0.25, 0.3) is 0 Å². The molecule has 1 aliphatic carbocycles. The zero-order valence-corrected chi connectivity index (χ0v) is 10.00. The summed E-state index contributed by atoms with van der Waals surface area (Å²) in [5, 5.41) is 0. The fourth-order valence-electron chi connectivity index (χ4n) is 3.34. The maximum atomic E-state index is 5.03. The Morgan fingerprint density at radius 2 is 1.81 bits per heavy atom. The summed E-state index contributed by atoms with van der Waals surface area (Å²) in [7, 11) is 0. The molecule has 0 N–H and O–H groups in total. The van der Waals surface area contributed by atoms with Crippen molar-refractivity contribution in [3.8, 4) is 0 Å². The lowest BCUT2D eigenvalue weighted by molar-refractivity contribution is 0.294. The highest BCUT2D eigenvalue weighted by Crippen LogP contribution is 2.38. The summed E-state index contributed by atoms with van der Waals surface area (Å²) in [6.45, 7) is 2.17. The molecular formula is C15H19N. The molecular weight excluding hydrogens is 194 g/mol. The second-order valence-electron chi connectivity index (χ2n) is 5.32. The maximum absolute atomic E-state index is 5.03. The fourth-order valence-corrected chi connectivity index (χ4v) is 3.34. The van der Waals surface area contributed by atoms with Crippen LogP contribution >= 0.6 is 0 Å². The first-order valence-corrected chi connectivity index (χ1v) is 6.44. The number of benzene rings is 1. The molecule has 0 unspecified atom stereocenters.